The van der Waals surface area contributed by atoms with E-state index in [9.17, 15) is 19.6 Å². The molecule has 0 aromatic carbocycles. The molecule has 0 unspecified atom stereocenters. The molecule has 2 aliphatic heterocycles. The maximum absolute atomic E-state index is 13.1. The lowest BCUT2D eigenvalue weighted by Crippen LogP contribution is -2.52. The lowest BCUT2D eigenvalue weighted by molar-refractivity contribution is -0.171. The van der Waals surface area contributed by atoms with Gasteiger partial charge in [0, 0.05) is 24.5 Å². The van der Waals surface area contributed by atoms with E-state index in [1.54, 1.807) is 18.3 Å². The van der Waals surface area contributed by atoms with Crippen LogP contribution in [0.25, 0.3) is 0 Å². The average molecular weight is 397 g/mol. The monoisotopic (exact) mass is 397 g/mol. The number of pyridine rings is 1. The Balaban J connectivity index is 2.29. The molecule has 0 aliphatic carbocycles. The second kappa shape index (κ2) is 7.75. The van der Waals surface area contributed by atoms with E-state index >= 15 is 0 Å². The zero-order chi connectivity index (χ0) is 21.2. The molecule has 0 bridgehead atoms. The fraction of sp³-hybridized carbons (Fsp3) is 0.350. The van der Waals surface area contributed by atoms with Crippen molar-refractivity contribution in [2.24, 2.45) is 5.41 Å². The fourth-order valence-corrected chi connectivity index (χ4v) is 4.12. The number of hydrogen-bond acceptors (Lipinski definition) is 9. The summed E-state index contributed by atoms with van der Waals surface area (Å²) < 4.78 is 14.8. The number of rotatable bonds is 4. The number of nitrogens with zero attached hydrogens (tertiary/aromatic N) is 3. The molecule has 3 atom stereocenters. The van der Waals surface area contributed by atoms with Gasteiger partial charge in [0.15, 0.2) is 5.41 Å². The minimum Gasteiger partial charge on any atom is -0.468 e. The first kappa shape index (κ1) is 20.1. The Kier molecular flexibility index (Phi) is 5.37. The van der Waals surface area contributed by atoms with Crippen LogP contribution < -0.4 is 0 Å². The lowest BCUT2D eigenvalue weighted by Gasteiger charge is -2.34. The van der Waals surface area contributed by atoms with Gasteiger partial charge >= 0.3 is 17.9 Å². The smallest absolute Gasteiger partial charge is 0.339 e. The molecule has 1 fully saturated rings. The molecule has 1 aromatic rings. The maximum Gasteiger partial charge on any atom is 0.339 e. The minimum absolute atomic E-state index is 0.180. The van der Waals surface area contributed by atoms with Crippen molar-refractivity contribution in [3.05, 3.63) is 54.0 Å². The van der Waals surface area contributed by atoms with Gasteiger partial charge in [0.25, 0.3) is 0 Å². The van der Waals surface area contributed by atoms with E-state index in [0.29, 0.717) is 5.56 Å². The molecule has 1 aromatic heterocycles. The number of esters is 3. The van der Waals surface area contributed by atoms with Gasteiger partial charge in [-0.1, -0.05) is 12.1 Å². The Morgan fingerprint density at radius 3 is 2.38 bits per heavy atom. The summed E-state index contributed by atoms with van der Waals surface area (Å²) in [6.07, 6.45) is 7.42. The Morgan fingerprint density at radius 2 is 1.86 bits per heavy atom. The summed E-state index contributed by atoms with van der Waals surface area (Å²) in [7, 11) is 3.57. The number of aromatic nitrogens is 1. The summed E-state index contributed by atoms with van der Waals surface area (Å²) in [6, 6.07) is 3.58. The molecule has 0 radical (unpaired) electrons. The topological polar surface area (TPSA) is 119 Å². The summed E-state index contributed by atoms with van der Waals surface area (Å²) >= 11 is 0. The molecule has 0 amide bonds. The van der Waals surface area contributed by atoms with Crippen molar-refractivity contribution in [2.75, 3.05) is 21.3 Å². The zero-order valence-corrected chi connectivity index (χ0v) is 16.1. The molecule has 3 heterocycles. The molecule has 0 saturated carbocycles. The van der Waals surface area contributed by atoms with Crippen LogP contribution in [-0.4, -0.2) is 61.2 Å². The first-order chi connectivity index (χ1) is 14.0. The SMILES string of the molecule is COC(=O)C1=CN2[C@@H](C=C1)C(C(=O)OC)(C(=O)OC)[C@@H](c1cccnc1)[C@@H]2C#N. The molecule has 9 nitrogen and oxygen atoms in total. The number of carbonyl (C=O) groups excluding carboxylic acids is 3. The van der Waals surface area contributed by atoms with Crippen LogP contribution in [0.1, 0.15) is 11.5 Å². The Hall–Kier alpha value is -3.67. The van der Waals surface area contributed by atoms with Crippen LogP contribution in [0.5, 0.6) is 0 Å². The molecule has 9 heteroatoms. The maximum atomic E-state index is 13.1. The van der Waals surface area contributed by atoms with Crippen molar-refractivity contribution in [2.45, 2.75) is 18.0 Å². The molecule has 0 N–H and O–H groups in total. The first-order valence-electron chi connectivity index (χ1n) is 8.69. The standard InChI is InChI=1S/C20H19N3O6/c1-27-17(24)13-6-7-15-20(18(25)28-2,19(26)29-3)16(12-5-4-8-22-10-12)14(9-21)23(15)11-13/h4-8,10-11,14-16H,1-3H3/t14-,15-,16-/m0/s1. The number of fused-ring (bicyclic) bond motifs is 1. The number of nitriles is 1. The van der Waals surface area contributed by atoms with Crippen molar-refractivity contribution in [3.8, 4) is 6.07 Å². The average Bonchev–Trinajstić information content (AvgIpc) is 3.08. The van der Waals surface area contributed by atoms with Crippen molar-refractivity contribution in [1.82, 2.24) is 9.88 Å². The van der Waals surface area contributed by atoms with Gasteiger partial charge in [-0.3, -0.25) is 14.6 Å². The van der Waals surface area contributed by atoms with Gasteiger partial charge < -0.3 is 19.1 Å². The number of methoxy groups -OCH3 is 3. The van der Waals surface area contributed by atoms with Gasteiger partial charge in [-0.05, 0) is 17.7 Å². The second-order valence-electron chi connectivity index (χ2n) is 6.52. The number of ether oxygens (including phenoxy) is 3. The molecule has 29 heavy (non-hydrogen) atoms. The van der Waals surface area contributed by atoms with Gasteiger partial charge in [-0.25, -0.2) is 4.79 Å². The molecule has 2 aliphatic rings. The van der Waals surface area contributed by atoms with Gasteiger partial charge in [-0.2, -0.15) is 5.26 Å². The minimum atomic E-state index is -1.87. The quantitative estimate of drug-likeness (QED) is 0.411. The van der Waals surface area contributed by atoms with Crippen LogP contribution in [0.4, 0.5) is 0 Å². The van der Waals surface area contributed by atoms with E-state index in [4.69, 9.17) is 14.2 Å². The van der Waals surface area contributed by atoms with Gasteiger partial charge in [0.05, 0.1) is 39.0 Å². The Labute approximate surface area is 167 Å². The van der Waals surface area contributed by atoms with Crippen molar-refractivity contribution in [1.29, 1.82) is 5.26 Å². The van der Waals surface area contributed by atoms with E-state index in [1.165, 1.54) is 50.8 Å². The van der Waals surface area contributed by atoms with Crippen LogP contribution in [-0.2, 0) is 28.6 Å². The highest BCUT2D eigenvalue weighted by Gasteiger charge is 2.69. The molecular weight excluding hydrogens is 378 g/mol. The van der Waals surface area contributed by atoms with Crippen LogP contribution in [0.3, 0.4) is 0 Å². The number of hydrogen-bond donors (Lipinski definition) is 0. The van der Waals surface area contributed by atoms with Crippen LogP contribution in [0, 0.1) is 16.7 Å². The third-order valence-electron chi connectivity index (χ3n) is 5.30. The Morgan fingerprint density at radius 1 is 1.17 bits per heavy atom. The number of carbonyl (C=O) groups is 3. The Bertz CT molecular complexity index is 917. The van der Waals surface area contributed by atoms with Crippen molar-refractivity contribution < 1.29 is 28.6 Å². The van der Waals surface area contributed by atoms with Crippen molar-refractivity contribution >= 4 is 17.9 Å². The first-order valence-corrected chi connectivity index (χ1v) is 8.69. The summed E-state index contributed by atoms with van der Waals surface area (Å²) in [5.74, 6) is -3.25. The predicted molar refractivity (Wildman–Crippen MR) is 97.7 cm³/mol. The molecule has 3 rings (SSSR count). The third kappa shape index (κ3) is 2.84. The van der Waals surface area contributed by atoms with E-state index in [0.717, 1.165) is 0 Å². The molecular formula is C20H19N3O6. The summed E-state index contributed by atoms with van der Waals surface area (Å²) in [6.45, 7) is 0. The van der Waals surface area contributed by atoms with Crippen LogP contribution in [0.15, 0.2) is 48.5 Å². The van der Waals surface area contributed by atoms with Crippen molar-refractivity contribution in [3.63, 3.8) is 0 Å². The molecule has 150 valence electrons. The van der Waals surface area contributed by atoms with Gasteiger partial charge in [0.2, 0.25) is 0 Å². The van der Waals surface area contributed by atoms with Crippen LogP contribution >= 0.6 is 0 Å². The van der Waals surface area contributed by atoms with E-state index in [1.807, 2.05) is 0 Å². The largest absolute Gasteiger partial charge is 0.468 e. The normalized spacial score (nSPS) is 24.0. The lowest BCUT2D eigenvalue weighted by atomic mass is 9.68. The highest BCUT2D eigenvalue weighted by atomic mass is 16.5. The van der Waals surface area contributed by atoms with E-state index < -0.39 is 41.3 Å². The highest BCUT2D eigenvalue weighted by molar-refractivity contribution is 6.04. The highest BCUT2D eigenvalue weighted by Crippen LogP contribution is 2.54. The van der Waals surface area contributed by atoms with E-state index in [2.05, 4.69) is 11.1 Å². The fourth-order valence-electron chi connectivity index (χ4n) is 4.12. The van der Waals surface area contributed by atoms with Gasteiger partial charge in [0.1, 0.15) is 6.04 Å². The summed E-state index contributed by atoms with van der Waals surface area (Å²) in [5.41, 5.74) is -1.20. The zero-order valence-electron chi connectivity index (χ0n) is 16.1. The third-order valence-corrected chi connectivity index (χ3v) is 5.30. The van der Waals surface area contributed by atoms with E-state index in [-0.39, 0.29) is 5.57 Å². The predicted octanol–water partition coefficient (Wildman–Crippen LogP) is 0.701. The van der Waals surface area contributed by atoms with Crippen LogP contribution in [0.2, 0.25) is 0 Å². The van der Waals surface area contributed by atoms with Gasteiger partial charge in [-0.15, -0.1) is 0 Å². The molecule has 0 spiro atoms. The summed E-state index contributed by atoms with van der Waals surface area (Å²) in [4.78, 5) is 43.7. The summed E-state index contributed by atoms with van der Waals surface area (Å²) in [5, 5.41) is 9.97. The second-order valence-corrected chi connectivity index (χ2v) is 6.52. The molecule has 1 saturated heterocycles.